The Morgan fingerprint density at radius 2 is 0.763 bits per heavy atom. The summed E-state index contributed by atoms with van der Waals surface area (Å²) in [7, 11) is 5.41. The number of anilines is 3. The molecule has 0 heterocycles. The fourth-order valence-electron chi connectivity index (χ4n) is 5.30. The number of aliphatic hydroxyl groups is 3. The van der Waals surface area contributed by atoms with Gasteiger partial charge in [0.1, 0.15) is 54.7 Å². The van der Waals surface area contributed by atoms with Gasteiger partial charge in [0, 0.05) is 57.8 Å². The molecule has 59 heavy (non-hydrogen) atoms. The number of hydrogen-bond donors (Lipinski definition) is 3. The van der Waals surface area contributed by atoms with Crippen LogP contribution in [0, 0.1) is 39.4 Å². The molecule has 0 aromatic heterocycles. The van der Waals surface area contributed by atoms with E-state index >= 15 is 0 Å². The van der Waals surface area contributed by atoms with Crippen molar-refractivity contribution < 1.29 is 43.9 Å². The van der Waals surface area contributed by atoms with Gasteiger partial charge in [-0.15, -0.1) is 0 Å². The van der Waals surface area contributed by atoms with Crippen LogP contribution in [-0.4, -0.2) is 114 Å². The summed E-state index contributed by atoms with van der Waals surface area (Å²) in [6.45, 7) is 1.07. The van der Waals surface area contributed by atoms with Crippen LogP contribution in [0.5, 0.6) is 0 Å². The maximum Gasteiger partial charge on any atom is 0.348 e. The third-order valence-corrected chi connectivity index (χ3v) is 8.92. The first-order valence-electron chi connectivity index (χ1n) is 18.4. The van der Waals surface area contributed by atoms with E-state index in [1.54, 1.807) is 93.9 Å². The number of carbonyl (C=O) groups excluding carboxylic acids is 3. The van der Waals surface area contributed by atoms with Crippen LogP contribution in [0.25, 0.3) is 18.2 Å². The Labute approximate surface area is 344 Å². The Morgan fingerprint density at radius 1 is 0.525 bits per heavy atom. The van der Waals surface area contributed by atoms with Crippen molar-refractivity contribution in [2.75, 3.05) is 95.1 Å². The van der Waals surface area contributed by atoms with Crippen LogP contribution >= 0.6 is 0 Å². The zero-order valence-corrected chi connectivity index (χ0v) is 33.5. The van der Waals surface area contributed by atoms with Crippen LogP contribution in [0.3, 0.4) is 0 Å². The fourth-order valence-corrected chi connectivity index (χ4v) is 5.30. The van der Waals surface area contributed by atoms with E-state index in [1.165, 1.54) is 25.2 Å². The first kappa shape index (κ1) is 46.4. The molecule has 0 aliphatic carbocycles. The number of benzene rings is 3. The van der Waals surface area contributed by atoms with Crippen LogP contribution in [0.15, 0.2) is 89.5 Å². The molecule has 0 saturated heterocycles. The average molecular weight is 805 g/mol. The van der Waals surface area contributed by atoms with Gasteiger partial charge in [-0.1, -0.05) is 36.4 Å². The fraction of sp³-hybridized carbons (Fsp3) is 0.318. The molecule has 0 fully saturated rings. The molecule has 0 amide bonds. The van der Waals surface area contributed by atoms with Crippen LogP contribution in [0.4, 0.5) is 17.1 Å². The number of hydrogen-bond acceptors (Lipinski definition) is 15. The van der Waals surface area contributed by atoms with Gasteiger partial charge < -0.3 is 44.2 Å². The largest absolute Gasteiger partial charge is 0.461 e. The highest BCUT2D eigenvalue weighted by atomic mass is 16.6. The van der Waals surface area contributed by atoms with Crippen molar-refractivity contribution in [2.45, 2.75) is 6.92 Å². The van der Waals surface area contributed by atoms with Crippen molar-refractivity contribution in [3.05, 3.63) is 106 Å². The van der Waals surface area contributed by atoms with Crippen molar-refractivity contribution in [1.29, 1.82) is 15.8 Å². The Hall–Kier alpha value is -6.96. The number of aliphatic hydroxyl groups excluding tert-OH is 3. The molecule has 0 aliphatic heterocycles. The first-order valence-corrected chi connectivity index (χ1v) is 18.4. The molecule has 0 atom stereocenters. The minimum Gasteiger partial charge on any atom is -0.461 e. The van der Waals surface area contributed by atoms with E-state index in [0.29, 0.717) is 36.3 Å². The second-order valence-electron chi connectivity index (χ2n) is 13.8. The van der Waals surface area contributed by atoms with Crippen LogP contribution < -0.4 is 14.7 Å². The molecule has 0 unspecified atom stereocenters. The molecule has 308 valence electrons. The third-order valence-electron chi connectivity index (χ3n) is 8.92. The summed E-state index contributed by atoms with van der Waals surface area (Å²) in [5.41, 5.74) is 1.53. The second-order valence-corrected chi connectivity index (χ2v) is 13.8. The maximum atomic E-state index is 13.2. The molecular weight excluding hydrogens is 757 g/mol. The SMILES string of the molecule is CN(CCO)c1ccc(/C=C(\C#N)C(=O)OCC(C)(COC(=O)/C(C#N)=C/c2ccc(N(C)CCO)cc2)COC(=O)/C(C#N)=C/c2ccc(N(C)CCO)cc2)cc1. The van der Waals surface area contributed by atoms with E-state index in [4.69, 9.17) is 14.2 Å². The summed E-state index contributed by atoms with van der Waals surface area (Å²) < 4.78 is 16.5. The zero-order chi connectivity index (χ0) is 43.4. The Kier molecular flexibility index (Phi) is 18.3. The molecule has 0 spiro atoms. The van der Waals surface area contributed by atoms with Crippen LogP contribution in [-0.2, 0) is 28.6 Å². The molecule has 15 nitrogen and oxygen atoms in total. The molecule has 3 aromatic carbocycles. The van der Waals surface area contributed by atoms with Crippen molar-refractivity contribution in [3.8, 4) is 18.2 Å². The Bertz CT molecular complexity index is 1870. The van der Waals surface area contributed by atoms with Gasteiger partial charge in [-0.25, -0.2) is 14.4 Å². The predicted molar refractivity (Wildman–Crippen MR) is 222 cm³/mol. The van der Waals surface area contributed by atoms with Crippen molar-refractivity contribution in [1.82, 2.24) is 0 Å². The van der Waals surface area contributed by atoms with Gasteiger partial charge in [0.15, 0.2) is 0 Å². The zero-order valence-electron chi connectivity index (χ0n) is 33.5. The number of nitriles is 3. The lowest BCUT2D eigenvalue weighted by molar-refractivity contribution is -0.155. The highest BCUT2D eigenvalue weighted by molar-refractivity contribution is 5.99. The molecule has 3 rings (SSSR count). The lowest BCUT2D eigenvalue weighted by Crippen LogP contribution is -2.37. The third kappa shape index (κ3) is 14.5. The van der Waals surface area contributed by atoms with E-state index in [9.17, 15) is 45.5 Å². The lowest BCUT2D eigenvalue weighted by atomic mass is 9.94. The summed E-state index contributed by atoms with van der Waals surface area (Å²) in [5, 5.41) is 57.1. The number of nitrogens with zero attached hydrogens (tertiary/aromatic N) is 6. The molecule has 0 aliphatic rings. The number of likely N-dealkylation sites (N-methyl/N-ethyl adjacent to an activating group) is 3. The topological polar surface area (TPSA) is 221 Å². The Morgan fingerprint density at radius 3 is 0.966 bits per heavy atom. The van der Waals surface area contributed by atoms with Gasteiger partial charge in [-0.05, 0) is 78.2 Å². The number of esters is 3. The molecule has 0 radical (unpaired) electrons. The lowest BCUT2D eigenvalue weighted by Gasteiger charge is -2.28. The molecular formula is C44H48N6O9. The number of ether oxygens (including phenoxy) is 3. The van der Waals surface area contributed by atoms with Gasteiger partial charge in [0.25, 0.3) is 0 Å². The van der Waals surface area contributed by atoms with Crippen molar-refractivity contribution in [3.63, 3.8) is 0 Å². The van der Waals surface area contributed by atoms with E-state index in [2.05, 4.69) is 0 Å². The van der Waals surface area contributed by atoms with Crippen molar-refractivity contribution in [2.24, 2.45) is 5.41 Å². The van der Waals surface area contributed by atoms with Gasteiger partial charge >= 0.3 is 17.9 Å². The summed E-state index contributed by atoms with van der Waals surface area (Å²) in [4.78, 5) is 45.0. The van der Waals surface area contributed by atoms with E-state index < -0.39 is 43.1 Å². The number of carbonyl (C=O) groups is 3. The molecule has 0 bridgehead atoms. The van der Waals surface area contributed by atoms with Crippen LogP contribution in [0.1, 0.15) is 23.6 Å². The molecule has 3 aromatic rings. The minimum atomic E-state index is -1.43. The summed E-state index contributed by atoms with van der Waals surface area (Å²) in [6.07, 6.45) is 3.99. The Balaban J connectivity index is 1.83. The van der Waals surface area contributed by atoms with Gasteiger partial charge in [0.05, 0.1) is 25.2 Å². The normalized spacial score (nSPS) is 11.7. The molecule has 15 heteroatoms. The van der Waals surface area contributed by atoms with Gasteiger partial charge in [0.2, 0.25) is 0 Å². The summed E-state index contributed by atoms with van der Waals surface area (Å²) >= 11 is 0. The van der Waals surface area contributed by atoms with E-state index in [-0.39, 0.29) is 36.5 Å². The second kappa shape index (κ2) is 23.3. The average Bonchev–Trinajstić information content (AvgIpc) is 3.25. The molecule has 3 N–H and O–H groups in total. The van der Waals surface area contributed by atoms with Gasteiger partial charge in [-0.3, -0.25) is 0 Å². The first-order chi connectivity index (χ1) is 28.3. The highest BCUT2D eigenvalue weighted by Gasteiger charge is 2.32. The summed E-state index contributed by atoms with van der Waals surface area (Å²) in [5.74, 6) is -3.02. The molecule has 0 saturated carbocycles. The predicted octanol–water partition coefficient (Wildman–Crippen LogP) is 3.73. The number of rotatable bonds is 21. The van der Waals surface area contributed by atoms with Crippen molar-refractivity contribution >= 4 is 53.2 Å². The smallest absolute Gasteiger partial charge is 0.348 e. The van der Waals surface area contributed by atoms with E-state index in [0.717, 1.165) is 17.1 Å². The van der Waals surface area contributed by atoms with Crippen LogP contribution in [0.2, 0.25) is 0 Å². The highest BCUT2D eigenvalue weighted by Crippen LogP contribution is 2.24. The summed E-state index contributed by atoms with van der Waals surface area (Å²) in [6, 6.07) is 26.1. The standard InChI is InChI=1S/C44H48N6O9/c1-44(29-57-41(54)35(26-45)23-32-5-11-38(12-6-32)48(2)17-20-51,30-58-42(55)36(27-46)24-33-7-13-39(14-8-33)49(3)18-21-52)31-59-43(56)37(28-47)25-34-9-15-40(16-10-34)50(4)19-22-53/h5-16,23-25,51-53H,17-22,29-31H2,1-4H3/b35-23+,36-24+,37-25+. The van der Waals surface area contributed by atoms with Gasteiger partial charge in [-0.2, -0.15) is 15.8 Å². The minimum absolute atomic E-state index is 0.0358. The maximum absolute atomic E-state index is 13.2. The van der Waals surface area contributed by atoms with E-state index in [1.807, 2.05) is 32.9 Å². The quantitative estimate of drug-likeness (QED) is 0.0605. The monoisotopic (exact) mass is 804 g/mol.